The largest absolute Gasteiger partial charge is 0.465 e. The number of benzene rings is 1. The average molecular weight is 254 g/mol. The average Bonchev–Trinajstić information content (AvgIpc) is 2.37. The molecule has 0 aliphatic heterocycles. The summed E-state index contributed by atoms with van der Waals surface area (Å²) in [5.41, 5.74) is 7.06. The molecule has 0 heterocycles. The lowest BCUT2D eigenvalue weighted by atomic mass is 10.1. The van der Waals surface area contributed by atoms with E-state index in [0.29, 0.717) is 16.9 Å². The predicted octanol–water partition coefficient (Wildman–Crippen LogP) is -0.154. The van der Waals surface area contributed by atoms with Gasteiger partial charge in [0.25, 0.3) is 0 Å². The maximum Gasteiger partial charge on any atom is 0.340 e. The summed E-state index contributed by atoms with van der Waals surface area (Å²) in [5, 5.41) is 18.0. The van der Waals surface area contributed by atoms with Gasteiger partial charge in [0.1, 0.15) is 0 Å². The molecule has 18 heavy (non-hydrogen) atoms. The molecule has 0 amide bonds. The van der Waals surface area contributed by atoms with Gasteiger partial charge >= 0.3 is 5.97 Å². The summed E-state index contributed by atoms with van der Waals surface area (Å²) >= 11 is 0. The number of para-hydroxylation sites is 1. The second kappa shape index (κ2) is 6.83. The van der Waals surface area contributed by atoms with Gasteiger partial charge in [0.05, 0.1) is 37.3 Å². The van der Waals surface area contributed by atoms with Crippen molar-refractivity contribution < 1.29 is 19.7 Å². The molecule has 0 spiro atoms. The summed E-state index contributed by atoms with van der Waals surface area (Å²) in [4.78, 5) is 13.3. The molecule has 6 nitrogen and oxygen atoms in total. The van der Waals surface area contributed by atoms with Crippen LogP contribution >= 0.6 is 0 Å². The third-order valence-corrected chi connectivity index (χ3v) is 2.53. The van der Waals surface area contributed by atoms with Gasteiger partial charge in [-0.25, -0.2) is 4.79 Å². The standard InChI is InChI=1S/C12H18N2O4/c1-18-12(17)9-3-2-4-10(13)11(9)14(5-7-15)6-8-16/h2-4,15-16H,5-8,13H2,1H3. The smallest absolute Gasteiger partial charge is 0.340 e. The highest BCUT2D eigenvalue weighted by Gasteiger charge is 2.19. The van der Waals surface area contributed by atoms with Crippen LogP contribution in [-0.2, 0) is 4.74 Å². The Morgan fingerprint density at radius 3 is 2.44 bits per heavy atom. The van der Waals surface area contributed by atoms with Crippen LogP contribution < -0.4 is 10.6 Å². The van der Waals surface area contributed by atoms with E-state index in [1.165, 1.54) is 7.11 Å². The Bertz CT molecular complexity index is 403. The van der Waals surface area contributed by atoms with Crippen LogP contribution in [0.3, 0.4) is 0 Å². The van der Waals surface area contributed by atoms with E-state index in [2.05, 4.69) is 0 Å². The molecule has 0 aromatic heterocycles. The van der Waals surface area contributed by atoms with E-state index in [9.17, 15) is 4.79 Å². The number of nitrogens with zero attached hydrogens (tertiary/aromatic N) is 1. The molecule has 4 N–H and O–H groups in total. The number of aliphatic hydroxyl groups is 2. The number of carbonyl (C=O) groups excluding carboxylic acids is 1. The number of ether oxygens (including phenoxy) is 1. The van der Waals surface area contributed by atoms with Crippen molar-refractivity contribution in [3.05, 3.63) is 23.8 Å². The number of aliphatic hydroxyl groups excluding tert-OH is 2. The highest BCUT2D eigenvalue weighted by atomic mass is 16.5. The summed E-state index contributed by atoms with van der Waals surface area (Å²) in [5.74, 6) is -0.502. The van der Waals surface area contributed by atoms with Crippen molar-refractivity contribution in [3.63, 3.8) is 0 Å². The van der Waals surface area contributed by atoms with Crippen molar-refractivity contribution in [2.75, 3.05) is 44.0 Å². The Hall–Kier alpha value is -1.79. The van der Waals surface area contributed by atoms with Crippen molar-refractivity contribution in [1.82, 2.24) is 0 Å². The van der Waals surface area contributed by atoms with Gasteiger partial charge < -0.3 is 25.6 Å². The molecule has 100 valence electrons. The molecule has 0 unspecified atom stereocenters. The molecule has 0 radical (unpaired) electrons. The quantitative estimate of drug-likeness (QED) is 0.482. The lowest BCUT2D eigenvalue weighted by Gasteiger charge is -2.26. The molecular formula is C12H18N2O4. The van der Waals surface area contributed by atoms with E-state index in [0.717, 1.165) is 0 Å². The molecule has 0 atom stereocenters. The van der Waals surface area contributed by atoms with E-state index in [1.54, 1.807) is 23.1 Å². The normalized spacial score (nSPS) is 10.2. The van der Waals surface area contributed by atoms with Crippen LogP contribution in [-0.4, -0.2) is 49.6 Å². The van der Waals surface area contributed by atoms with Gasteiger partial charge in [0.15, 0.2) is 0 Å². The fraction of sp³-hybridized carbons (Fsp3) is 0.417. The number of anilines is 2. The Morgan fingerprint density at radius 1 is 1.33 bits per heavy atom. The number of nitrogens with two attached hydrogens (primary N) is 1. The summed E-state index contributed by atoms with van der Waals surface area (Å²) in [6, 6.07) is 4.91. The van der Waals surface area contributed by atoms with Crippen molar-refractivity contribution in [1.29, 1.82) is 0 Å². The minimum absolute atomic E-state index is 0.102. The van der Waals surface area contributed by atoms with Crippen LogP contribution in [0.15, 0.2) is 18.2 Å². The third-order valence-electron chi connectivity index (χ3n) is 2.53. The van der Waals surface area contributed by atoms with Crippen LogP contribution in [0.4, 0.5) is 11.4 Å². The molecule has 0 saturated carbocycles. The van der Waals surface area contributed by atoms with Crippen LogP contribution in [0, 0.1) is 0 Å². The van der Waals surface area contributed by atoms with Crippen LogP contribution in [0.1, 0.15) is 10.4 Å². The van der Waals surface area contributed by atoms with Gasteiger partial charge in [-0.2, -0.15) is 0 Å². The number of hydrogen-bond donors (Lipinski definition) is 3. The first-order valence-electron chi connectivity index (χ1n) is 5.59. The Kier molecular flexibility index (Phi) is 5.41. The molecular weight excluding hydrogens is 236 g/mol. The molecule has 0 bridgehead atoms. The minimum Gasteiger partial charge on any atom is -0.465 e. The first kappa shape index (κ1) is 14.3. The fourth-order valence-electron chi connectivity index (χ4n) is 1.77. The van der Waals surface area contributed by atoms with Crippen molar-refractivity contribution in [3.8, 4) is 0 Å². The molecule has 0 aliphatic carbocycles. The molecule has 1 rings (SSSR count). The van der Waals surface area contributed by atoms with Gasteiger partial charge in [-0.1, -0.05) is 6.07 Å². The first-order valence-corrected chi connectivity index (χ1v) is 5.59. The maximum absolute atomic E-state index is 11.7. The molecule has 0 saturated heterocycles. The minimum atomic E-state index is -0.502. The van der Waals surface area contributed by atoms with Crippen LogP contribution in [0.2, 0.25) is 0 Å². The van der Waals surface area contributed by atoms with Gasteiger partial charge in [0.2, 0.25) is 0 Å². The molecule has 6 heteroatoms. The zero-order valence-corrected chi connectivity index (χ0v) is 10.3. The van der Waals surface area contributed by atoms with Gasteiger partial charge in [-0.15, -0.1) is 0 Å². The monoisotopic (exact) mass is 254 g/mol. The van der Waals surface area contributed by atoms with Crippen molar-refractivity contribution >= 4 is 17.3 Å². The highest BCUT2D eigenvalue weighted by Crippen LogP contribution is 2.28. The zero-order valence-electron chi connectivity index (χ0n) is 10.3. The second-order valence-electron chi connectivity index (χ2n) is 3.67. The Balaban J connectivity index is 3.21. The summed E-state index contributed by atoms with van der Waals surface area (Å²) in [7, 11) is 1.29. The lowest BCUT2D eigenvalue weighted by Crippen LogP contribution is -2.32. The predicted molar refractivity (Wildman–Crippen MR) is 68.6 cm³/mol. The molecule has 1 aromatic rings. The topological polar surface area (TPSA) is 96.0 Å². The van der Waals surface area contributed by atoms with E-state index < -0.39 is 5.97 Å². The van der Waals surface area contributed by atoms with E-state index in [-0.39, 0.29) is 26.3 Å². The summed E-state index contributed by atoms with van der Waals surface area (Å²) in [6.45, 7) is 0.349. The zero-order chi connectivity index (χ0) is 13.5. The van der Waals surface area contributed by atoms with Gasteiger partial charge in [-0.05, 0) is 12.1 Å². The summed E-state index contributed by atoms with van der Waals surface area (Å²) < 4.78 is 4.69. The second-order valence-corrected chi connectivity index (χ2v) is 3.67. The Labute approximate surface area is 106 Å². The van der Waals surface area contributed by atoms with Crippen molar-refractivity contribution in [2.45, 2.75) is 0 Å². The number of methoxy groups -OCH3 is 1. The fourth-order valence-corrected chi connectivity index (χ4v) is 1.77. The summed E-state index contributed by atoms with van der Waals surface area (Å²) in [6.07, 6.45) is 0. The van der Waals surface area contributed by atoms with Crippen LogP contribution in [0.25, 0.3) is 0 Å². The Morgan fingerprint density at radius 2 is 1.94 bits per heavy atom. The van der Waals surface area contributed by atoms with Crippen LogP contribution in [0.5, 0.6) is 0 Å². The maximum atomic E-state index is 11.7. The highest BCUT2D eigenvalue weighted by molar-refractivity contribution is 5.99. The number of hydrogen-bond acceptors (Lipinski definition) is 6. The third kappa shape index (κ3) is 3.12. The molecule has 0 aliphatic rings. The van der Waals surface area contributed by atoms with E-state index in [4.69, 9.17) is 20.7 Å². The van der Waals surface area contributed by atoms with Gasteiger partial charge in [0, 0.05) is 13.1 Å². The lowest BCUT2D eigenvalue weighted by molar-refractivity contribution is 0.0601. The van der Waals surface area contributed by atoms with E-state index >= 15 is 0 Å². The first-order chi connectivity index (χ1) is 8.65. The molecule has 1 aromatic carbocycles. The number of rotatable bonds is 6. The molecule has 0 fully saturated rings. The van der Waals surface area contributed by atoms with Gasteiger partial charge in [-0.3, -0.25) is 0 Å². The van der Waals surface area contributed by atoms with E-state index in [1.807, 2.05) is 0 Å². The van der Waals surface area contributed by atoms with Crippen molar-refractivity contribution in [2.24, 2.45) is 0 Å². The number of carbonyl (C=O) groups is 1. The SMILES string of the molecule is COC(=O)c1cccc(N)c1N(CCO)CCO. The number of esters is 1. The number of nitrogen functional groups attached to an aromatic ring is 1.